The van der Waals surface area contributed by atoms with Gasteiger partial charge in [0.25, 0.3) is 0 Å². The molecule has 2 aliphatic heterocycles. The molecule has 2 aliphatic rings. The molecule has 10 nitrogen and oxygen atoms in total. The standard InChI is InChI=1S/C34H34N6O4.CH4/c1-2-18-38-23-31(42)39-29(19-24-13-15-28(41)16-14-24)33(43)37(21-27-11-6-10-26-12-7-17-35-32(26)27)22-30(39)40(38)34(44)36-20-25-8-4-3-5-9-25;/h2-17,29-30,41H,1,18-23H2,(H,36,44);1H4/t29-,30-;/m0./s1. The first-order valence-electron chi connectivity index (χ1n) is 14.6. The number of hydrazine groups is 1. The van der Waals surface area contributed by atoms with Gasteiger partial charge in [0.2, 0.25) is 11.8 Å². The summed E-state index contributed by atoms with van der Waals surface area (Å²) in [5, 5.41) is 17.1. The van der Waals surface area contributed by atoms with E-state index < -0.39 is 12.2 Å². The van der Waals surface area contributed by atoms with Gasteiger partial charge in [-0.25, -0.2) is 14.8 Å². The zero-order valence-corrected chi connectivity index (χ0v) is 24.3. The Hall–Kier alpha value is -5.22. The number of fused-ring (bicyclic) bond motifs is 2. The third kappa shape index (κ3) is 6.51. The maximum Gasteiger partial charge on any atom is 0.334 e. The second-order valence-electron chi connectivity index (χ2n) is 11.0. The molecule has 0 bridgehead atoms. The van der Waals surface area contributed by atoms with Gasteiger partial charge in [-0.15, -0.1) is 6.58 Å². The molecule has 0 aliphatic carbocycles. The minimum Gasteiger partial charge on any atom is -0.508 e. The Morgan fingerprint density at radius 3 is 2.49 bits per heavy atom. The Morgan fingerprint density at radius 1 is 0.978 bits per heavy atom. The van der Waals surface area contributed by atoms with Crippen molar-refractivity contribution in [1.82, 2.24) is 30.1 Å². The molecule has 6 rings (SSSR count). The minimum atomic E-state index is -0.857. The summed E-state index contributed by atoms with van der Waals surface area (Å²) in [6.45, 7) is 4.73. The topological polar surface area (TPSA) is 109 Å². The molecular weight excluding hydrogens is 568 g/mol. The molecule has 2 saturated heterocycles. The quantitative estimate of drug-likeness (QED) is 0.290. The highest BCUT2D eigenvalue weighted by Gasteiger charge is 2.51. The average Bonchev–Trinajstić information content (AvgIpc) is 3.03. The molecule has 4 amide bonds. The van der Waals surface area contributed by atoms with Gasteiger partial charge in [0.1, 0.15) is 18.0 Å². The number of nitrogens with one attached hydrogen (secondary N) is 1. The lowest BCUT2D eigenvalue weighted by Gasteiger charge is -2.55. The Morgan fingerprint density at radius 2 is 1.73 bits per heavy atom. The van der Waals surface area contributed by atoms with E-state index in [0.29, 0.717) is 6.54 Å². The molecule has 232 valence electrons. The van der Waals surface area contributed by atoms with E-state index in [1.54, 1.807) is 56.4 Å². The summed E-state index contributed by atoms with van der Waals surface area (Å²) in [6.07, 6.45) is 2.86. The van der Waals surface area contributed by atoms with E-state index >= 15 is 0 Å². The van der Waals surface area contributed by atoms with Crippen LogP contribution in [0.3, 0.4) is 0 Å². The zero-order chi connectivity index (χ0) is 30.6. The molecule has 0 radical (unpaired) electrons. The van der Waals surface area contributed by atoms with Gasteiger partial charge >= 0.3 is 6.03 Å². The van der Waals surface area contributed by atoms with Crippen molar-refractivity contribution in [1.29, 1.82) is 0 Å². The molecule has 3 aromatic carbocycles. The average molecular weight is 607 g/mol. The number of para-hydroxylation sites is 1. The monoisotopic (exact) mass is 606 g/mol. The number of benzene rings is 3. The number of carbonyl (C=O) groups is 3. The predicted octanol–water partition coefficient (Wildman–Crippen LogP) is 4.31. The molecule has 1 aromatic heterocycles. The van der Waals surface area contributed by atoms with Crippen molar-refractivity contribution in [2.45, 2.75) is 39.1 Å². The normalized spacial score (nSPS) is 18.4. The maximum absolute atomic E-state index is 14.2. The van der Waals surface area contributed by atoms with Crippen LogP contribution >= 0.6 is 0 Å². The summed E-state index contributed by atoms with van der Waals surface area (Å²) >= 11 is 0. The highest BCUT2D eigenvalue weighted by molar-refractivity contribution is 5.92. The van der Waals surface area contributed by atoms with Crippen molar-refractivity contribution < 1.29 is 19.5 Å². The van der Waals surface area contributed by atoms with Gasteiger partial charge < -0.3 is 20.2 Å². The van der Waals surface area contributed by atoms with Gasteiger partial charge in [-0.3, -0.25) is 14.6 Å². The molecule has 45 heavy (non-hydrogen) atoms. The molecule has 2 atom stereocenters. The van der Waals surface area contributed by atoms with Gasteiger partial charge in [0, 0.05) is 37.6 Å². The van der Waals surface area contributed by atoms with Crippen LogP contribution in [0.2, 0.25) is 0 Å². The van der Waals surface area contributed by atoms with Crippen LogP contribution in [-0.2, 0) is 29.1 Å². The van der Waals surface area contributed by atoms with Crippen molar-refractivity contribution >= 4 is 28.7 Å². The number of aromatic nitrogens is 1. The Bertz CT molecular complexity index is 1670. The van der Waals surface area contributed by atoms with Gasteiger partial charge in [0.15, 0.2) is 0 Å². The molecule has 0 unspecified atom stereocenters. The Labute approximate surface area is 263 Å². The van der Waals surface area contributed by atoms with Gasteiger partial charge in [-0.1, -0.05) is 80.2 Å². The maximum atomic E-state index is 14.2. The summed E-state index contributed by atoms with van der Waals surface area (Å²) in [5.41, 5.74) is 3.40. The molecule has 3 heterocycles. The summed E-state index contributed by atoms with van der Waals surface area (Å²) in [7, 11) is 0. The summed E-state index contributed by atoms with van der Waals surface area (Å²) in [5.74, 6) is -0.341. The minimum absolute atomic E-state index is 0. The van der Waals surface area contributed by atoms with Crippen molar-refractivity contribution in [2.24, 2.45) is 0 Å². The van der Waals surface area contributed by atoms with Crippen molar-refractivity contribution in [3.8, 4) is 5.75 Å². The predicted molar refractivity (Wildman–Crippen MR) is 172 cm³/mol. The molecule has 0 spiro atoms. The number of phenols is 1. The third-order valence-corrected chi connectivity index (χ3v) is 8.11. The van der Waals surface area contributed by atoms with Crippen LogP contribution in [0.25, 0.3) is 10.9 Å². The number of rotatable bonds is 8. The summed E-state index contributed by atoms with van der Waals surface area (Å²) in [6, 6.07) is 24.7. The largest absolute Gasteiger partial charge is 0.508 e. The Balaban J connectivity index is 0.00000400. The van der Waals surface area contributed by atoms with Crippen LogP contribution in [0.4, 0.5) is 4.79 Å². The fourth-order valence-corrected chi connectivity index (χ4v) is 6.05. The first-order chi connectivity index (χ1) is 21.4. The van der Waals surface area contributed by atoms with Gasteiger partial charge in [-0.05, 0) is 34.9 Å². The number of pyridine rings is 1. The number of urea groups is 1. The smallest absolute Gasteiger partial charge is 0.334 e. The van der Waals surface area contributed by atoms with E-state index in [0.717, 1.165) is 27.6 Å². The first-order valence-corrected chi connectivity index (χ1v) is 14.6. The summed E-state index contributed by atoms with van der Waals surface area (Å²) in [4.78, 5) is 49.8. The van der Waals surface area contributed by atoms with Crippen LogP contribution in [0.5, 0.6) is 5.75 Å². The second kappa shape index (κ2) is 13.6. The van der Waals surface area contributed by atoms with Crippen molar-refractivity contribution in [3.05, 3.63) is 120 Å². The lowest BCUT2D eigenvalue weighted by Crippen LogP contribution is -2.76. The van der Waals surface area contributed by atoms with Gasteiger partial charge in [0.05, 0.1) is 18.6 Å². The second-order valence-corrected chi connectivity index (χ2v) is 11.0. The van der Waals surface area contributed by atoms with Crippen LogP contribution in [0, 0.1) is 0 Å². The molecule has 4 aromatic rings. The number of carbonyl (C=O) groups excluding carboxylic acids is 3. The number of hydrogen-bond donors (Lipinski definition) is 2. The number of aromatic hydroxyl groups is 1. The zero-order valence-electron chi connectivity index (χ0n) is 24.3. The highest BCUT2D eigenvalue weighted by atomic mass is 16.3. The number of amides is 4. The number of phenolic OH excluding ortho intramolecular Hbond substituents is 1. The van der Waals surface area contributed by atoms with Crippen molar-refractivity contribution in [3.63, 3.8) is 0 Å². The molecule has 2 N–H and O–H groups in total. The van der Waals surface area contributed by atoms with E-state index in [4.69, 9.17) is 0 Å². The number of nitrogens with zero attached hydrogens (tertiary/aromatic N) is 5. The molecular formula is C35H38N6O4. The van der Waals surface area contributed by atoms with Crippen LogP contribution in [-0.4, -0.2) is 79.6 Å². The van der Waals surface area contributed by atoms with E-state index in [1.165, 1.54) is 0 Å². The van der Waals surface area contributed by atoms with E-state index in [2.05, 4.69) is 16.9 Å². The molecule has 0 saturated carbocycles. The lowest BCUT2D eigenvalue weighted by molar-refractivity contribution is -0.189. The van der Waals surface area contributed by atoms with Crippen LogP contribution < -0.4 is 5.32 Å². The number of piperazine rings is 1. The van der Waals surface area contributed by atoms with E-state index in [-0.39, 0.29) is 63.6 Å². The van der Waals surface area contributed by atoms with Gasteiger partial charge in [-0.2, -0.15) is 0 Å². The lowest BCUT2D eigenvalue weighted by atomic mass is 9.98. The molecule has 10 heteroatoms. The van der Waals surface area contributed by atoms with Crippen LogP contribution in [0.15, 0.2) is 104 Å². The summed E-state index contributed by atoms with van der Waals surface area (Å²) < 4.78 is 0. The highest BCUT2D eigenvalue weighted by Crippen LogP contribution is 2.30. The third-order valence-electron chi connectivity index (χ3n) is 8.11. The number of hydrogen-bond acceptors (Lipinski definition) is 6. The van der Waals surface area contributed by atoms with E-state index in [9.17, 15) is 19.5 Å². The van der Waals surface area contributed by atoms with Crippen LogP contribution in [0.1, 0.15) is 24.1 Å². The first kappa shape index (κ1) is 31.2. The van der Waals surface area contributed by atoms with E-state index in [1.807, 2.05) is 60.7 Å². The SMILES string of the molecule is C.C=CCN1CC(=O)N2[C@@H](Cc3ccc(O)cc3)C(=O)N(Cc3cccc4cccnc34)C[C@@H]2N1C(=O)NCc1ccccc1. The molecule has 2 fully saturated rings. The van der Waals surface area contributed by atoms with Crippen molar-refractivity contribution in [2.75, 3.05) is 19.6 Å². The fourth-order valence-electron chi connectivity index (χ4n) is 6.05. The Kier molecular flexibility index (Phi) is 9.44. The fraction of sp³-hybridized carbons (Fsp3) is 0.257.